The number of benzene rings is 2. The van der Waals surface area contributed by atoms with Crippen molar-refractivity contribution in [2.75, 3.05) is 19.7 Å². The normalized spacial score (nSPS) is 14.1. The number of aliphatic carboxylic acids is 1. The van der Waals surface area contributed by atoms with Crippen LogP contribution in [0, 0.1) is 17.8 Å². The number of ether oxygens (including phenoxy) is 1. The quantitative estimate of drug-likeness (QED) is 0.405. The first kappa shape index (κ1) is 26.3. The van der Waals surface area contributed by atoms with Gasteiger partial charge in [0.05, 0.1) is 5.92 Å². The van der Waals surface area contributed by atoms with Crippen LogP contribution in [0.15, 0.2) is 48.5 Å². The van der Waals surface area contributed by atoms with Crippen LogP contribution >= 0.6 is 0 Å². The molecule has 1 aliphatic rings. The van der Waals surface area contributed by atoms with Crippen LogP contribution < -0.4 is 10.6 Å². The summed E-state index contributed by atoms with van der Waals surface area (Å²) in [7, 11) is 0. The molecule has 2 atom stereocenters. The Morgan fingerprint density at radius 2 is 1.54 bits per heavy atom. The van der Waals surface area contributed by atoms with Crippen molar-refractivity contribution in [3.63, 3.8) is 0 Å². The van der Waals surface area contributed by atoms with E-state index >= 15 is 0 Å². The van der Waals surface area contributed by atoms with Gasteiger partial charge in [-0.15, -0.1) is 0 Å². The fraction of sp³-hybridized carbons (Fsp3) is 0.464. The van der Waals surface area contributed by atoms with E-state index in [1.165, 1.54) is 11.1 Å². The fourth-order valence-corrected chi connectivity index (χ4v) is 4.76. The molecular formula is C28H36N2O5. The first-order valence-corrected chi connectivity index (χ1v) is 12.4. The molecule has 0 spiro atoms. The van der Waals surface area contributed by atoms with E-state index in [0.29, 0.717) is 18.9 Å². The molecule has 0 heterocycles. The molecule has 1 unspecified atom stereocenters. The number of carbonyl (C=O) groups excluding carboxylic acids is 2. The van der Waals surface area contributed by atoms with E-state index in [1.807, 2.05) is 24.3 Å². The summed E-state index contributed by atoms with van der Waals surface area (Å²) in [6, 6.07) is 16.4. The van der Waals surface area contributed by atoms with E-state index < -0.39 is 18.0 Å². The molecule has 0 radical (unpaired) electrons. The Morgan fingerprint density at radius 3 is 2.09 bits per heavy atom. The fourth-order valence-electron chi connectivity index (χ4n) is 4.76. The molecule has 2 amide bonds. The molecule has 0 saturated carbocycles. The van der Waals surface area contributed by atoms with Crippen molar-refractivity contribution in [1.29, 1.82) is 0 Å². The number of alkyl carbamates (subject to hydrolysis) is 1. The number of hydrogen-bond acceptors (Lipinski definition) is 4. The Kier molecular flexibility index (Phi) is 9.29. The molecule has 7 heteroatoms. The zero-order valence-electron chi connectivity index (χ0n) is 20.8. The zero-order chi connectivity index (χ0) is 25.4. The lowest BCUT2D eigenvalue weighted by atomic mass is 9.93. The topological polar surface area (TPSA) is 105 Å². The van der Waals surface area contributed by atoms with E-state index in [-0.39, 0.29) is 37.3 Å². The second kappa shape index (κ2) is 12.4. The second-order valence-corrected chi connectivity index (χ2v) is 9.65. The van der Waals surface area contributed by atoms with Gasteiger partial charge < -0.3 is 20.5 Å². The summed E-state index contributed by atoms with van der Waals surface area (Å²) in [4.78, 5) is 36.1. The molecule has 3 rings (SSSR count). The third-order valence-corrected chi connectivity index (χ3v) is 6.55. The minimum Gasteiger partial charge on any atom is -0.481 e. The van der Waals surface area contributed by atoms with Crippen molar-refractivity contribution in [3.05, 3.63) is 59.7 Å². The molecule has 0 aromatic heterocycles. The van der Waals surface area contributed by atoms with Gasteiger partial charge in [0, 0.05) is 25.4 Å². The molecule has 3 N–H and O–H groups in total. The van der Waals surface area contributed by atoms with Gasteiger partial charge in [-0.1, -0.05) is 69.3 Å². The highest BCUT2D eigenvalue weighted by Crippen LogP contribution is 2.44. The number of nitrogens with one attached hydrogen (secondary N) is 2. The monoisotopic (exact) mass is 480 g/mol. The highest BCUT2D eigenvalue weighted by Gasteiger charge is 2.29. The van der Waals surface area contributed by atoms with Gasteiger partial charge in [-0.25, -0.2) is 4.79 Å². The van der Waals surface area contributed by atoms with Gasteiger partial charge in [0.15, 0.2) is 0 Å². The maximum atomic E-state index is 12.5. The summed E-state index contributed by atoms with van der Waals surface area (Å²) in [5.74, 6) is -1.44. The number of carboxylic acid groups (broad SMARTS) is 1. The van der Waals surface area contributed by atoms with Crippen molar-refractivity contribution in [3.8, 4) is 11.1 Å². The maximum absolute atomic E-state index is 12.5. The number of amides is 2. The van der Waals surface area contributed by atoms with Crippen molar-refractivity contribution in [2.45, 2.75) is 46.0 Å². The lowest BCUT2D eigenvalue weighted by molar-refractivity contribution is -0.141. The van der Waals surface area contributed by atoms with Gasteiger partial charge in [-0.2, -0.15) is 0 Å². The average Bonchev–Trinajstić information content (AvgIpc) is 3.15. The summed E-state index contributed by atoms with van der Waals surface area (Å²) in [6.45, 7) is 6.58. The Balaban J connectivity index is 1.52. The van der Waals surface area contributed by atoms with E-state index in [9.17, 15) is 14.4 Å². The zero-order valence-corrected chi connectivity index (χ0v) is 20.8. The van der Waals surface area contributed by atoms with Crippen molar-refractivity contribution in [1.82, 2.24) is 10.6 Å². The van der Waals surface area contributed by atoms with Crippen LogP contribution in [0.4, 0.5) is 4.79 Å². The lowest BCUT2D eigenvalue weighted by Gasteiger charge is -2.20. The number of carbonyl (C=O) groups is 3. The van der Waals surface area contributed by atoms with E-state index in [0.717, 1.165) is 17.5 Å². The van der Waals surface area contributed by atoms with Crippen molar-refractivity contribution >= 4 is 18.0 Å². The number of fused-ring (bicyclic) bond motifs is 3. The third-order valence-electron chi connectivity index (χ3n) is 6.55. The van der Waals surface area contributed by atoms with Crippen LogP contribution in [0.3, 0.4) is 0 Å². The lowest BCUT2D eigenvalue weighted by Crippen LogP contribution is -2.36. The SMILES string of the molecule is CCC(CNC(=O)C[C@@H](CNC(=O)OCC1c2ccccc2-c2ccccc21)CC(C)C)C(=O)O. The molecule has 2 aromatic rings. The Labute approximate surface area is 207 Å². The minimum atomic E-state index is -0.913. The summed E-state index contributed by atoms with van der Waals surface area (Å²) >= 11 is 0. The molecular weight excluding hydrogens is 444 g/mol. The molecule has 0 bridgehead atoms. The third kappa shape index (κ3) is 7.07. The number of rotatable bonds is 12. The molecule has 2 aromatic carbocycles. The van der Waals surface area contributed by atoms with Crippen molar-refractivity contribution < 1.29 is 24.2 Å². The van der Waals surface area contributed by atoms with Gasteiger partial charge in [0.1, 0.15) is 6.61 Å². The molecule has 0 aliphatic heterocycles. The maximum Gasteiger partial charge on any atom is 0.407 e. The smallest absolute Gasteiger partial charge is 0.407 e. The second-order valence-electron chi connectivity index (χ2n) is 9.65. The van der Waals surface area contributed by atoms with Crippen LogP contribution in [0.2, 0.25) is 0 Å². The van der Waals surface area contributed by atoms with Gasteiger partial charge in [0.2, 0.25) is 5.91 Å². The standard InChI is InChI=1S/C28H36N2O5/c1-4-20(27(32)33)16-29-26(31)14-19(13-18(2)3)15-30-28(34)35-17-25-23-11-7-5-9-21(23)22-10-6-8-12-24(22)25/h5-12,18-20,25H,4,13-17H2,1-3H3,(H,29,31)(H,30,34)(H,32,33)/t19-,20?/m0/s1. The van der Waals surface area contributed by atoms with E-state index in [1.54, 1.807) is 6.92 Å². The van der Waals surface area contributed by atoms with Gasteiger partial charge in [-0.3, -0.25) is 9.59 Å². The molecule has 0 fully saturated rings. The summed E-state index contributed by atoms with van der Waals surface area (Å²) < 4.78 is 5.60. The Bertz CT molecular complexity index is 990. The van der Waals surface area contributed by atoms with Crippen molar-refractivity contribution in [2.24, 2.45) is 17.8 Å². The van der Waals surface area contributed by atoms with Crippen LogP contribution in [-0.4, -0.2) is 42.8 Å². The molecule has 188 valence electrons. The molecule has 7 nitrogen and oxygen atoms in total. The summed E-state index contributed by atoms with van der Waals surface area (Å²) in [5, 5.41) is 14.7. The number of carboxylic acids is 1. The van der Waals surface area contributed by atoms with Crippen LogP contribution in [0.1, 0.15) is 57.1 Å². The van der Waals surface area contributed by atoms with Crippen LogP contribution in [0.5, 0.6) is 0 Å². The Morgan fingerprint density at radius 1 is 0.943 bits per heavy atom. The molecule has 0 saturated heterocycles. The predicted octanol–water partition coefficient (Wildman–Crippen LogP) is 4.80. The van der Waals surface area contributed by atoms with E-state index in [2.05, 4.69) is 48.7 Å². The highest BCUT2D eigenvalue weighted by molar-refractivity contribution is 5.79. The minimum absolute atomic E-state index is 0.00821. The van der Waals surface area contributed by atoms with E-state index in [4.69, 9.17) is 9.84 Å². The molecule has 1 aliphatic carbocycles. The first-order valence-electron chi connectivity index (χ1n) is 12.4. The highest BCUT2D eigenvalue weighted by atomic mass is 16.5. The predicted molar refractivity (Wildman–Crippen MR) is 135 cm³/mol. The van der Waals surface area contributed by atoms with Gasteiger partial charge in [0.25, 0.3) is 0 Å². The first-order chi connectivity index (χ1) is 16.8. The average molecular weight is 481 g/mol. The number of hydrogen-bond donors (Lipinski definition) is 3. The van der Waals surface area contributed by atoms with Gasteiger partial charge in [-0.05, 0) is 46.9 Å². The summed E-state index contributed by atoms with van der Waals surface area (Å²) in [6.07, 6.45) is 0.928. The molecule has 35 heavy (non-hydrogen) atoms. The van der Waals surface area contributed by atoms with Crippen LogP contribution in [0.25, 0.3) is 11.1 Å². The van der Waals surface area contributed by atoms with Gasteiger partial charge >= 0.3 is 12.1 Å². The Hall–Kier alpha value is -3.35. The van der Waals surface area contributed by atoms with Crippen LogP contribution in [-0.2, 0) is 14.3 Å². The summed E-state index contributed by atoms with van der Waals surface area (Å²) in [5.41, 5.74) is 4.66. The largest absolute Gasteiger partial charge is 0.481 e.